The van der Waals surface area contributed by atoms with Gasteiger partial charge in [-0.05, 0) is 30.3 Å². The van der Waals surface area contributed by atoms with Gasteiger partial charge in [0.1, 0.15) is 11.5 Å². The highest BCUT2D eigenvalue weighted by Gasteiger charge is 2.07. The van der Waals surface area contributed by atoms with Gasteiger partial charge in [-0.15, -0.1) is 0 Å². The second-order valence-electron chi connectivity index (χ2n) is 3.27. The highest BCUT2D eigenvalue weighted by molar-refractivity contribution is 9.10. The van der Waals surface area contributed by atoms with E-state index in [1.165, 1.54) is 12.1 Å². The van der Waals surface area contributed by atoms with E-state index in [0.717, 1.165) is 0 Å². The summed E-state index contributed by atoms with van der Waals surface area (Å²) in [4.78, 5) is 14.8. The number of pyridine rings is 1. The molecule has 0 aliphatic rings. The molecule has 2 aromatic rings. The van der Waals surface area contributed by atoms with E-state index in [2.05, 4.69) is 20.9 Å². The molecule has 0 unspecified atom stereocenters. The largest absolute Gasteiger partial charge is 0.478 e. The van der Waals surface area contributed by atoms with Crippen molar-refractivity contribution in [2.24, 2.45) is 0 Å². The van der Waals surface area contributed by atoms with Crippen LogP contribution in [0.4, 0.5) is 0 Å². The standard InChI is InChI=1S/C12H8BrNO3/c13-9-4-8(12(15)16)5-11(6-9)17-10-2-1-3-14-7-10/h1-7H,(H,15,16). The van der Waals surface area contributed by atoms with Gasteiger partial charge in [0.25, 0.3) is 0 Å². The molecule has 86 valence electrons. The molecule has 0 atom stereocenters. The molecule has 1 aromatic heterocycles. The summed E-state index contributed by atoms with van der Waals surface area (Å²) in [5, 5.41) is 8.91. The molecule has 2 rings (SSSR count). The zero-order valence-electron chi connectivity index (χ0n) is 8.63. The number of nitrogens with zero attached hydrogens (tertiary/aromatic N) is 1. The molecular formula is C12H8BrNO3. The third-order valence-electron chi connectivity index (χ3n) is 1.99. The first kappa shape index (κ1) is 11.6. The van der Waals surface area contributed by atoms with Gasteiger partial charge in [-0.2, -0.15) is 0 Å². The van der Waals surface area contributed by atoms with Gasteiger partial charge in [0.2, 0.25) is 0 Å². The number of aromatic nitrogens is 1. The van der Waals surface area contributed by atoms with E-state index in [-0.39, 0.29) is 5.56 Å². The minimum Gasteiger partial charge on any atom is -0.478 e. The number of ether oxygens (including phenoxy) is 1. The fourth-order valence-corrected chi connectivity index (χ4v) is 1.76. The predicted octanol–water partition coefficient (Wildman–Crippen LogP) is 3.33. The van der Waals surface area contributed by atoms with Gasteiger partial charge in [0.05, 0.1) is 11.8 Å². The molecule has 0 saturated heterocycles. The lowest BCUT2D eigenvalue weighted by Gasteiger charge is -2.06. The van der Waals surface area contributed by atoms with Crippen LogP contribution >= 0.6 is 15.9 Å². The third-order valence-corrected chi connectivity index (χ3v) is 2.45. The number of hydrogen-bond acceptors (Lipinski definition) is 3. The van der Waals surface area contributed by atoms with E-state index in [9.17, 15) is 4.79 Å². The topological polar surface area (TPSA) is 59.4 Å². The van der Waals surface area contributed by atoms with Crippen LogP contribution in [-0.4, -0.2) is 16.1 Å². The zero-order valence-corrected chi connectivity index (χ0v) is 10.2. The van der Waals surface area contributed by atoms with Crippen molar-refractivity contribution in [3.8, 4) is 11.5 Å². The number of carboxylic acid groups (broad SMARTS) is 1. The van der Waals surface area contributed by atoms with Crippen LogP contribution in [0.2, 0.25) is 0 Å². The van der Waals surface area contributed by atoms with Crippen LogP contribution in [-0.2, 0) is 0 Å². The Kier molecular flexibility index (Phi) is 3.39. The number of carboxylic acids is 1. The Morgan fingerprint density at radius 3 is 2.76 bits per heavy atom. The highest BCUT2D eigenvalue weighted by Crippen LogP contribution is 2.25. The van der Waals surface area contributed by atoms with E-state index in [0.29, 0.717) is 16.0 Å². The summed E-state index contributed by atoms with van der Waals surface area (Å²) in [6.07, 6.45) is 3.19. The van der Waals surface area contributed by atoms with Crippen LogP contribution in [0.3, 0.4) is 0 Å². The molecule has 0 radical (unpaired) electrons. The zero-order chi connectivity index (χ0) is 12.3. The number of rotatable bonds is 3. The molecule has 5 heteroatoms. The molecule has 1 N–H and O–H groups in total. The molecule has 4 nitrogen and oxygen atoms in total. The van der Waals surface area contributed by atoms with Crippen molar-refractivity contribution < 1.29 is 14.6 Å². The highest BCUT2D eigenvalue weighted by atomic mass is 79.9. The first-order valence-electron chi connectivity index (χ1n) is 4.77. The van der Waals surface area contributed by atoms with Crippen LogP contribution in [0.15, 0.2) is 47.2 Å². The fraction of sp³-hybridized carbons (Fsp3) is 0. The molecule has 1 heterocycles. The maximum absolute atomic E-state index is 10.9. The van der Waals surface area contributed by atoms with Crippen molar-refractivity contribution in [1.29, 1.82) is 0 Å². The maximum atomic E-state index is 10.9. The summed E-state index contributed by atoms with van der Waals surface area (Å²) in [5.41, 5.74) is 0.165. The minimum absolute atomic E-state index is 0.165. The normalized spacial score (nSPS) is 9.94. The van der Waals surface area contributed by atoms with Gasteiger partial charge in [0.15, 0.2) is 0 Å². The van der Waals surface area contributed by atoms with Crippen LogP contribution < -0.4 is 4.74 Å². The number of aromatic carboxylic acids is 1. The summed E-state index contributed by atoms with van der Waals surface area (Å²) >= 11 is 3.24. The summed E-state index contributed by atoms with van der Waals surface area (Å²) in [6, 6.07) is 8.15. The van der Waals surface area contributed by atoms with Crippen molar-refractivity contribution in [3.05, 3.63) is 52.8 Å². The molecule has 0 saturated carbocycles. The maximum Gasteiger partial charge on any atom is 0.335 e. The summed E-state index contributed by atoms with van der Waals surface area (Å²) in [5.74, 6) is 0.00838. The van der Waals surface area contributed by atoms with Gasteiger partial charge < -0.3 is 9.84 Å². The van der Waals surface area contributed by atoms with Crippen molar-refractivity contribution in [3.63, 3.8) is 0 Å². The number of benzene rings is 1. The quantitative estimate of drug-likeness (QED) is 0.943. The van der Waals surface area contributed by atoms with Crippen molar-refractivity contribution in [2.45, 2.75) is 0 Å². The first-order chi connectivity index (χ1) is 8.15. The lowest BCUT2D eigenvalue weighted by molar-refractivity contribution is 0.0696. The van der Waals surface area contributed by atoms with Crippen LogP contribution in [0.25, 0.3) is 0 Å². The Bertz CT molecular complexity index is 543. The van der Waals surface area contributed by atoms with Gasteiger partial charge in [-0.1, -0.05) is 15.9 Å². The van der Waals surface area contributed by atoms with E-state index < -0.39 is 5.97 Å². The van der Waals surface area contributed by atoms with Crippen LogP contribution in [0.1, 0.15) is 10.4 Å². The number of halogens is 1. The van der Waals surface area contributed by atoms with E-state index in [1.807, 2.05) is 0 Å². The monoisotopic (exact) mass is 293 g/mol. The van der Waals surface area contributed by atoms with Gasteiger partial charge in [0, 0.05) is 10.7 Å². The Hall–Kier alpha value is -1.88. The smallest absolute Gasteiger partial charge is 0.335 e. The van der Waals surface area contributed by atoms with E-state index in [1.54, 1.807) is 30.6 Å². The summed E-state index contributed by atoms with van der Waals surface area (Å²) in [7, 11) is 0. The Morgan fingerprint density at radius 1 is 1.29 bits per heavy atom. The van der Waals surface area contributed by atoms with E-state index >= 15 is 0 Å². The van der Waals surface area contributed by atoms with Crippen molar-refractivity contribution in [1.82, 2.24) is 4.98 Å². The van der Waals surface area contributed by atoms with Crippen molar-refractivity contribution >= 4 is 21.9 Å². The van der Waals surface area contributed by atoms with Gasteiger partial charge >= 0.3 is 5.97 Å². The first-order valence-corrected chi connectivity index (χ1v) is 5.56. The molecular weight excluding hydrogens is 286 g/mol. The average Bonchev–Trinajstić information content (AvgIpc) is 2.29. The molecule has 0 fully saturated rings. The van der Waals surface area contributed by atoms with Crippen molar-refractivity contribution in [2.75, 3.05) is 0 Å². The number of carbonyl (C=O) groups is 1. The molecule has 1 aromatic carbocycles. The van der Waals surface area contributed by atoms with Gasteiger partial charge in [-0.3, -0.25) is 4.98 Å². The Morgan fingerprint density at radius 2 is 2.12 bits per heavy atom. The molecule has 0 bridgehead atoms. The summed E-state index contributed by atoms with van der Waals surface area (Å²) in [6.45, 7) is 0. The van der Waals surface area contributed by atoms with E-state index in [4.69, 9.17) is 9.84 Å². The summed E-state index contributed by atoms with van der Waals surface area (Å²) < 4.78 is 6.14. The second-order valence-corrected chi connectivity index (χ2v) is 4.19. The Labute approximate surface area is 106 Å². The lowest BCUT2D eigenvalue weighted by atomic mass is 10.2. The van der Waals surface area contributed by atoms with Crippen LogP contribution in [0.5, 0.6) is 11.5 Å². The molecule has 0 spiro atoms. The average molecular weight is 294 g/mol. The second kappa shape index (κ2) is 4.97. The van der Waals surface area contributed by atoms with Gasteiger partial charge in [-0.25, -0.2) is 4.79 Å². The molecule has 0 aliphatic heterocycles. The predicted molar refractivity (Wildman–Crippen MR) is 65.4 cm³/mol. The minimum atomic E-state index is -0.998. The SMILES string of the molecule is O=C(O)c1cc(Br)cc(Oc2cccnc2)c1. The number of hydrogen-bond donors (Lipinski definition) is 1. The molecule has 17 heavy (non-hydrogen) atoms. The van der Waals surface area contributed by atoms with Crippen LogP contribution in [0, 0.1) is 0 Å². The third kappa shape index (κ3) is 3.04. The lowest BCUT2D eigenvalue weighted by Crippen LogP contribution is -1.96. The Balaban J connectivity index is 2.30. The fourth-order valence-electron chi connectivity index (χ4n) is 1.29. The molecule has 0 amide bonds. The molecule has 0 aliphatic carbocycles.